The molecule has 0 bridgehead atoms. The molecule has 0 saturated heterocycles. The summed E-state index contributed by atoms with van der Waals surface area (Å²) in [7, 11) is 0. The van der Waals surface area contributed by atoms with Crippen molar-refractivity contribution in [1.82, 2.24) is 0 Å². The summed E-state index contributed by atoms with van der Waals surface area (Å²) in [5.41, 5.74) is 0.133. The van der Waals surface area contributed by atoms with E-state index in [2.05, 4.69) is 21.2 Å². The van der Waals surface area contributed by atoms with Crippen LogP contribution < -0.4 is 10.1 Å². The summed E-state index contributed by atoms with van der Waals surface area (Å²) in [6.07, 6.45) is -3.22. The Morgan fingerprint density at radius 3 is 2.50 bits per heavy atom. The van der Waals surface area contributed by atoms with E-state index < -0.39 is 17.6 Å². The number of hydrogen-bond donors (Lipinski definition) is 1. The van der Waals surface area contributed by atoms with Crippen molar-refractivity contribution >= 4 is 44.4 Å². The minimum absolute atomic E-state index is 0.0713. The van der Waals surface area contributed by atoms with E-state index >= 15 is 0 Å². The van der Waals surface area contributed by atoms with Crippen LogP contribution in [0.3, 0.4) is 0 Å². The van der Waals surface area contributed by atoms with E-state index in [4.69, 9.17) is 4.74 Å². The second-order valence-electron chi connectivity index (χ2n) is 7.85. The summed E-state index contributed by atoms with van der Waals surface area (Å²) in [5, 5.41) is 14.1. The third-order valence-electron chi connectivity index (χ3n) is 5.29. The number of benzene rings is 4. The fourth-order valence-electron chi connectivity index (χ4n) is 3.53. The molecule has 36 heavy (non-hydrogen) atoms. The van der Waals surface area contributed by atoms with Crippen molar-refractivity contribution in [2.75, 3.05) is 5.32 Å². The zero-order valence-corrected chi connectivity index (χ0v) is 20.2. The van der Waals surface area contributed by atoms with Gasteiger partial charge in [-0.15, -0.1) is 0 Å². The Hall–Kier alpha value is -4.09. The van der Waals surface area contributed by atoms with Crippen LogP contribution in [-0.4, -0.2) is 5.91 Å². The highest BCUT2D eigenvalue weighted by Gasteiger charge is 2.30. The van der Waals surface area contributed by atoms with Crippen LogP contribution in [0.4, 0.5) is 18.9 Å². The lowest BCUT2D eigenvalue weighted by Crippen LogP contribution is -2.14. The van der Waals surface area contributed by atoms with Gasteiger partial charge >= 0.3 is 6.18 Å². The smallest absolute Gasteiger partial charge is 0.416 e. The summed E-state index contributed by atoms with van der Waals surface area (Å²) in [4.78, 5) is 12.7. The summed E-state index contributed by atoms with van der Waals surface area (Å²) in [6.45, 7) is 0.256. The van der Waals surface area contributed by atoms with Gasteiger partial charge in [0.1, 0.15) is 24.0 Å². The van der Waals surface area contributed by atoms with Gasteiger partial charge in [-0.1, -0.05) is 58.4 Å². The molecule has 1 amide bonds. The number of hydrogen-bond acceptors (Lipinski definition) is 3. The highest BCUT2D eigenvalue weighted by molar-refractivity contribution is 9.10. The van der Waals surface area contributed by atoms with Gasteiger partial charge in [0.05, 0.1) is 5.56 Å². The summed E-state index contributed by atoms with van der Waals surface area (Å²) in [6, 6.07) is 25.1. The Bertz CT molecular complexity index is 1510. The number of fused-ring (bicyclic) bond motifs is 1. The Balaban J connectivity index is 1.55. The number of nitrogens with one attached hydrogen (secondary N) is 1. The third-order valence-corrected chi connectivity index (χ3v) is 5.79. The number of carbonyl (C=O) groups excluding carboxylic acids is 1. The second-order valence-corrected chi connectivity index (χ2v) is 8.77. The Morgan fingerprint density at radius 1 is 0.972 bits per heavy atom. The van der Waals surface area contributed by atoms with Gasteiger partial charge in [-0.3, -0.25) is 4.79 Å². The van der Waals surface area contributed by atoms with Crippen molar-refractivity contribution < 1.29 is 22.7 Å². The van der Waals surface area contributed by atoms with E-state index in [1.807, 2.05) is 48.5 Å². The summed E-state index contributed by atoms with van der Waals surface area (Å²) >= 11 is 3.37. The van der Waals surface area contributed by atoms with Crippen molar-refractivity contribution in [2.45, 2.75) is 12.8 Å². The maximum absolute atomic E-state index is 13.0. The normalized spacial score (nSPS) is 11.7. The molecule has 0 radical (unpaired) electrons. The van der Waals surface area contributed by atoms with Crippen LogP contribution in [0.5, 0.6) is 5.75 Å². The summed E-state index contributed by atoms with van der Waals surface area (Å²) < 4.78 is 45.6. The van der Waals surface area contributed by atoms with Crippen LogP contribution in [-0.2, 0) is 17.6 Å². The van der Waals surface area contributed by atoms with Gasteiger partial charge in [0, 0.05) is 15.7 Å². The molecule has 180 valence electrons. The van der Waals surface area contributed by atoms with Crippen molar-refractivity contribution in [1.29, 1.82) is 5.26 Å². The molecule has 0 aliphatic rings. The van der Waals surface area contributed by atoms with Crippen LogP contribution in [0, 0.1) is 11.3 Å². The zero-order valence-electron chi connectivity index (χ0n) is 18.6. The predicted molar refractivity (Wildman–Crippen MR) is 136 cm³/mol. The Kier molecular flexibility index (Phi) is 7.41. The standard InChI is InChI=1S/C28H18BrF3N2O2/c29-24-10-11-26(36-17-18-8-9-19-4-1-2-5-20(19)12-18)21(14-24)13-22(16-33)27(35)34-25-7-3-6-23(15-25)28(30,31)32/h1-15H,17H2,(H,34,35)/b22-13-. The highest BCUT2D eigenvalue weighted by Crippen LogP contribution is 2.31. The molecule has 0 aromatic heterocycles. The average molecular weight is 551 g/mol. The monoisotopic (exact) mass is 550 g/mol. The predicted octanol–water partition coefficient (Wildman–Crippen LogP) is 7.75. The first-order chi connectivity index (χ1) is 17.2. The SMILES string of the molecule is N#C/C(=C/c1cc(Br)ccc1OCc1ccc2ccccc2c1)C(=O)Nc1cccc(C(F)(F)F)c1. The highest BCUT2D eigenvalue weighted by atomic mass is 79.9. The van der Waals surface area contributed by atoms with E-state index in [1.54, 1.807) is 18.2 Å². The van der Waals surface area contributed by atoms with E-state index in [0.29, 0.717) is 15.8 Å². The molecule has 0 aliphatic heterocycles. The van der Waals surface area contributed by atoms with E-state index in [9.17, 15) is 23.2 Å². The topological polar surface area (TPSA) is 62.1 Å². The first kappa shape index (κ1) is 25.0. The minimum atomic E-state index is -4.55. The lowest BCUT2D eigenvalue weighted by molar-refractivity contribution is -0.137. The Morgan fingerprint density at radius 2 is 1.75 bits per heavy atom. The van der Waals surface area contributed by atoms with Crippen molar-refractivity contribution in [3.05, 3.63) is 112 Å². The number of amides is 1. The van der Waals surface area contributed by atoms with Gasteiger partial charge in [0.25, 0.3) is 5.91 Å². The largest absolute Gasteiger partial charge is 0.488 e. The molecular weight excluding hydrogens is 533 g/mol. The molecule has 0 spiro atoms. The average Bonchev–Trinajstić information content (AvgIpc) is 2.86. The maximum atomic E-state index is 13.0. The number of ether oxygens (including phenoxy) is 1. The molecule has 0 saturated carbocycles. The van der Waals surface area contributed by atoms with Gasteiger partial charge in [0.2, 0.25) is 0 Å². The molecule has 0 atom stereocenters. The molecule has 0 fully saturated rings. The van der Waals surface area contributed by atoms with Crippen molar-refractivity contribution in [3.63, 3.8) is 0 Å². The molecule has 4 aromatic rings. The molecule has 8 heteroatoms. The molecule has 4 aromatic carbocycles. The molecule has 4 nitrogen and oxygen atoms in total. The lowest BCUT2D eigenvalue weighted by Gasteiger charge is -2.12. The zero-order chi connectivity index (χ0) is 25.7. The fourth-order valence-corrected chi connectivity index (χ4v) is 3.91. The van der Waals surface area contributed by atoms with Gasteiger partial charge in [-0.05, 0) is 64.9 Å². The molecule has 0 unspecified atom stereocenters. The number of carbonyl (C=O) groups is 1. The number of rotatable bonds is 6. The van der Waals surface area contributed by atoms with Gasteiger partial charge in [0.15, 0.2) is 0 Å². The molecule has 0 heterocycles. The lowest BCUT2D eigenvalue weighted by atomic mass is 10.1. The quantitative estimate of drug-likeness (QED) is 0.197. The number of halogens is 4. The fraction of sp³-hybridized carbons (Fsp3) is 0.0714. The van der Waals surface area contributed by atoms with Gasteiger partial charge in [-0.2, -0.15) is 18.4 Å². The maximum Gasteiger partial charge on any atom is 0.416 e. The van der Waals surface area contributed by atoms with Crippen LogP contribution in [0.1, 0.15) is 16.7 Å². The summed E-state index contributed by atoms with van der Waals surface area (Å²) in [5.74, 6) is -0.400. The Labute approximate surface area is 213 Å². The molecule has 1 N–H and O–H groups in total. The third kappa shape index (κ3) is 6.12. The van der Waals surface area contributed by atoms with E-state index in [-0.39, 0.29) is 17.9 Å². The molecular formula is C28H18BrF3N2O2. The molecule has 4 rings (SSSR count). The van der Waals surface area contributed by atoms with Crippen molar-refractivity contribution in [3.8, 4) is 11.8 Å². The number of anilines is 1. The second kappa shape index (κ2) is 10.7. The van der Waals surface area contributed by atoms with Crippen molar-refractivity contribution in [2.24, 2.45) is 0 Å². The van der Waals surface area contributed by atoms with Crippen LogP contribution in [0.25, 0.3) is 16.8 Å². The molecule has 0 aliphatic carbocycles. The van der Waals surface area contributed by atoms with Crippen LogP contribution >= 0.6 is 15.9 Å². The van der Waals surface area contributed by atoms with E-state index in [0.717, 1.165) is 28.5 Å². The first-order valence-corrected chi connectivity index (χ1v) is 11.5. The number of alkyl halides is 3. The minimum Gasteiger partial charge on any atom is -0.488 e. The van der Waals surface area contributed by atoms with Crippen LogP contribution in [0.2, 0.25) is 0 Å². The number of nitrogens with zero attached hydrogens (tertiary/aromatic N) is 1. The van der Waals surface area contributed by atoms with Crippen LogP contribution in [0.15, 0.2) is 95.0 Å². The van der Waals surface area contributed by atoms with E-state index in [1.165, 1.54) is 18.2 Å². The number of nitriles is 1. The first-order valence-electron chi connectivity index (χ1n) is 10.7. The van der Waals surface area contributed by atoms with Gasteiger partial charge in [-0.25, -0.2) is 0 Å². The van der Waals surface area contributed by atoms with Gasteiger partial charge < -0.3 is 10.1 Å².